The lowest BCUT2D eigenvalue weighted by atomic mass is 10.2. The number of anilines is 1. The second-order valence-electron chi connectivity index (χ2n) is 7.67. The lowest BCUT2D eigenvalue weighted by Crippen LogP contribution is -2.17. The van der Waals surface area contributed by atoms with Crippen LogP contribution in [0, 0.1) is 5.41 Å². The van der Waals surface area contributed by atoms with E-state index in [1.54, 1.807) is 0 Å². The van der Waals surface area contributed by atoms with Gasteiger partial charge in [0.15, 0.2) is 5.84 Å². The third-order valence-corrected chi connectivity index (χ3v) is 5.96. The van der Waals surface area contributed by atoms with Crippen LogP contribution in [0.15, 0.2) is 103 Å². The number of para-hydroxylation sites is 4. The molecule has 0 aliphatic heterocycles. The van der Waals surface area contributed by atoms with Gasteiger partial charge in [-0.3, -0.25) is 9.98 Å². The predicted molar refractivity (Wildman–Crippen MR) is 129 cm³/mol. The maximum absolute atomic E-state index is 9.38. The summed E-state index contributed by atoms with van der Waals surface area (Å²) in [7, 11) is 0. The van der Waals surface area contributed by atoms with Gasteiger partial charge in [0.25, 0.3) is 0 Å². The summed E-state index contributed by atoms with van der Waals surface area (Å²) in [6.07, 6.45) is 0. The molecule has 0 saturated heterocycles. The van der Waals surface area contributed by atoms with Crippen molar-refractivity contribution in [2.24, 2.45) is 0 Å². The van der Waals surface area contributed by atoms with Crippen LogP contribution in [-0.2, 0) is 0 Å². The van der Waals surface area contributed by atoms with Gasteiger partial charge < -0.3 is 10.3 Å². The molecule has 0 aliphatic carbocycles. The Bertz CT molecular complexity index is 1550. The molecule has 0 aliphatic rings. The number of nitrogens with two attached hydrogens (primary N) is 1. The Labute approximate surface area is 179 Å². The van der Waals surface area contributed by atoms with Crippen LogP contribution >= 0.6 is 0 Å². The molecule has 6 aromatic rings. The molecule has 4 aromatic carbocycles. The Balaban J connectivity index is 1.73. The summed E-state index contributed by atoms with van der Waals surface area (Å²) >= 11 is 0. The van der Waals surface area contributed by atoms with Gasteiger partial charge in [-0.2, -0.15) is 0 Å². The highest BCUT2D eigenvalue weighted by atomic mass is 15.1. The van der Waals surface area contributed by atoms with Crippen LogP contribution in [0.4, 0.5) is 5.69 Å². The highest BCUT2D eigenvalue weighted by molar-refractivity contribution is 6.19. The number of hydrogen-bond donors (Lipinski definition) is 2. The quantitative estimate of drug-likeness (QED) is 0.264. The summed E-state index contributed by atoms with van der Waals surface area (Å²) < 4.78 is 4.10. The van der Waals surface area contributed by atoms with Gasteiger partial charge in [0.1, 0.15) is 5.69 Å². The number of fused-ring (bicyclic) bond motifs is 4. The van der Waals surface area contributed by atoms with Crippen LogP contribution < -0.4 is 5.73 Å². The van der Waals surface area contributed by atoms with Gasteiger partial charge in [-0.25, -0.2) is 0 Å². The second-order valence-corrected chi connectivity index (χ2v) is 7.67. The van der Waals surface area contributed by atoms with Crippen LogP contribution in [0.25, 0.3) is 38.4 Å². The van der Waals surface area contributed by atoms with E-state index in [-0.39, 0.29) is 0 Å². The second kappa shape index (κ2) is 6.61. The van der Waals surface area contributed by atoms with E-state index >= 15 is 0 Å². The Morgan fingerprint density at radius 3 is 1.68 bits per heavy atom. The Hall–Kier alpha value is -4.31. The van der Waals surface area contributed by atoms with E-state index in [2.05, 4.69) is 47.0 Å². The number of aromatic nitrogens is 2. The van der Waals surface area contributed by atoms with Gasteiger partial charge in [0.2, 0.25) is 0 Å². The van der Waals surface area contributed by atoms with Crippen LogP contribution in [0.5, 0.6) is 0 Å². The lowest BCUT2D eigenvalue weighted by Gasteiger charge is -2.15. The molecule has 0 amide bonds. The molecule has 0 spiro atoms. The SMILES string of the molecule is N=C(c1c(N)c2ccccc2n1-c1ccccc1)n1c2ccccc2c2ccccc21. The highest BCUT2D eigenvalue weighted by Crippen LogP contribution is 2.35. The van der Waals surface area contributed by atoms with Gasteiger partial charge in [0, 0.05) is 21.8 Å². The van der Waals surface area contributed by atoms with Gasteiger partial charge in [-0.05, 0) is 30.3 Å². The van der Waals surface area contributed by atoms with Crippen molar-refractivity contribution >= 4 is 44.2 Å². The molecule has 4 heteroatoms. The van der Waals surface area contributed by atoms with Crippen molar-refractivity contribution in [1.29, 1.82) is 5.41 Å². The van der Waals surface area contributed by atoms with Crippen LogP contribution in [-0.4, -0.2) is 15.0 Å². The van der Waals surface area contributed by atoms with E-state index < -0.39 is 0 Å². The summed E-state index contributed by atoms with van der Waals surface area (Å²) in [5.74, 6) is 0.356. The van der Waals surface area contributed by atoms with Gasteiger partial charge in [-0.15, -0.1) is 0 Å². The molecule has 4 nitrogen and oxygen atoms in total. The molecular weight excluding hydrogens is 380 g/mol. The largest absolute Gasteiger partial charge is 0.396 e. The van der Waals surface area contributed by atoms with Gasteiger partial charge in [-0.1, -0.05) is 72.8 Å². The normalized spacial score (nSPS) is 11.5. The van der Waals surface area contributed by atoms with Crippen molar-refractivity contribution in [3.05, 3.63) is 109 Å². The smallest absolute Gasteiger partial charge is 0.156 e. The van der Waals surface area contributed by atoms with Crippen LogP contribution in [0.3, 0.4) is 0 Å². The minimum Gasteiger partial charge on any atom is -0.396 e. The maximum Gasteiger partial charge on any atom is 0.156 e. The third-order valence-electron chi connectivity index (χ3n) is 5.96. The number of hydrogen-bond acceptors (Lipinski definition) is 2. The number of rotatable bonds is 2. The minimum atomic E-state index is 0.356. The molecular formula is C27H20N4. The molecule has 0 fully saturated rings. The molecule has 6 rings (SSSR count). The fraction of sp³-hybridized carbons (Fsp3) is 0. The number of nitrogens with one attached hydrogen (secondary N) is 1. The molecule has 2 aromatic heterocycles. The number of nitrogens with zero attached hydrogens (tertiary/aromatic N) is 2. The van der Waals surface area contributed by atoms with Crippen molar-refractivity contribution in [2.45, 2.75) is 0 Å². The molecule has 0 bridgehead atoms. The molecule has 31 heavy (non-hydrogen) atoms. The predicted octanol–water partition coefficient (Wildman–Crippen LogP) is 6.19. The van der Waals surface area contributed by atoms with E-state index in [4.69, 9.17) is 5.73 Å². The van der Waals surface area contributed by atoms with Crippen LogP contribution in [0.1, 0.15) is 5.69 Å². The van der Waals surface area contributed by atoms with Crippen molar-refractivity contribution in [1.82, 2.24) is 9.13 Å². The molecule has 0 saturated carbocycles. The van der Waals surface area contributed by atoms with E-state index in [1.807, 2.05) is 65.2 Å². The summed E-state index contributed by atoms with van der Waals surface area (Å²) in [5, 5.41) is 12.6. The van der Waals surface area contributed by atoms with Crippen molar-refractivity contribution in [2.75, 3.05) is 5.73 Å². The number of nitrogen functional groups attached to an aromatic ring is 1. The number of benzene rings is 4. The van der Waals surface area contributed by atoms with Crippen molar-refractivity contribution in [3.8, 4) is 5.69 Å². The third kappa shape index (κ3) is 2.45. The summed E-state index contributed by atoms with van der Waals surface area (Å²) in [4.78, 5) is 0. The minimum absolute atomic E-state index is 0.356. The first-order valence-corrected chi connectivity index (χ1v) is 10.3. The first-order valence-electron chi connectivity index (χ1n) is 10.3. The van der Waals surface area contributed by atoms with E-state index in [9.17, 15) is 5.41 Å². The molecule has 2 heterocycles. The van der Waals surface area contributed by atoms with E-state index in [0.717, 1.165) is 38.4 Å². The molecule has 0 unspecified atom stereocenters. The average Bonchev–Trinajstić information content (AvgIpc) is 3.32. The molecule has 148 valence electrons. The zero-order chi connectivity index (χ0) is 20.9. The monoisotopic (exact) mass is 400 g/mol. The Morgan fingerprint density at radius 1 is 0.581 bits per heavy atom. The first kappa shape index (κ1) is 17.5. The summed E-state index contributed by atoms with van der Waals surface area (Å²) in [6.45, 7) is 0. The Morgan fingerprint density at radius 2 is 1.06 bits per heavy atom. The molecule has 0 atom stereocenters. The maximum atomic E-state index is 9.38. The summed E-state index contributed by atoms with van der Waals surface area (Å²) in [5.41, 5.74) is 12.0. The van der Waals surface area contributed by atoms with Crippen molar-refractivity contribution in [3.63, 3.8) is 0 Å². The fourth-order valence-electron chi connectivity index (χ4n) is 4.61. The topological polar surface area (TPSA) is 59.7 Å². The molecule has 0 radical (unpaired) electrons. The van der Waals surface area contributed by atoms with Crippen LogP contribution in [0.2, 0.25) is 0 Å². The Kier molecular flexibility index (Phi) is 3.74. The van der Waals surface area contributed by atoms with E-state index in [0.29, 0.717) is 17.2 Å². The molecule has 3 N–H and O–H groups in total. The lowest BCUT2D eigenvalue weighted by molar-refractivity contribution is 1.07. The standard InChI is InChI=1S/C27H20N4/c28-25-21-14-6-9-17-24(21)30(18-10-2-1-3-11-18)26(25)27(29)31-22-15-7-4-12-19(22)20-13-5-8-16-23(20)31/h1-17,29H,28H2. The van der Waals surface area contributed by atoms with Gasteiger partial charge >= 0.3 is 0 Å². The van der Waals surface area contributed by atoms with E-state index in [1.165, 1.54) is 0 Å². The zero-order valence-electron chi connectivity index (χ0n) is 16.8. The highest BCUT2D eigenvalue weighted by Gasteiger charge is 2.23. The van der Waals surface area contributed by atoms with Crippen molar-refractivity contribution < 1.29 is 0 Å². The first-order chi connectivity index (χ1) is 15.3. The fourth-order valence-corrected chi connectivity index (χ4v) is 4.61. The summed E-state index contributed by atoms with van der Waals surface area (Å²) in [6, 6.07) is 34.6. The van der Waals surface area contributed by atoms with Gasteiger partial charge in [0.05, 0.1) is 22.2 Å². The average molecular weight is 400 g/mol. The zero-order valence-corrected chi connectivity index (χ0v) is 16.8.